The minimum Gasteiger partial charge on any atom is -0.330 e. The van der Waals surface area contributed by atoms with E-state index in [2.05, 4.69) is 15.9 Å². The van der Waals surface area contributed by atoms with Crippen LogP contribution in [-0.4, -0.2) is 11.1 Å². The largest absolute Gasteiger partial charge is 0.330 e. The van der Waals surface area contributed by atoms with Crippen molar-refractivity contribution >= 4 is 15.9 Å². The predicted molar refractivity (Wildman–Crippen MR) is 61.4 cm³/mol. The summed E-state index contributed by atoms with van der Waals surface area (Å²) in [6.07, 6.45) is 1.81. The Hall–Kier alpha value is -0.610. The van der Waals surface area contributed by atoms with Crippen molar-refractivity contribution in [1.82, 2.24) is 4.57 Å². The molecule has 0 fully saturated rings. The first-order chi connectivity index (χ1) is 6.54. The third-order valence-electron chi connectivity index (χ3n) is 2.14. The molecule has 1 aromatic heterocycles. The molecule has 0 radical (unpaired) electrons. The Morgan fingerprint density at radius 3 is 2.86 bits per heavy atom. The molecule has 0 spiro atoms. The van der Waals surface area contributed by atoms with Gasteiger partial charge in [0, 0.05) is 22.8 Å². The van der Waals surface area contributed by atoms with E-state index in [9.17, 15) is 4.79 Å². The average molecular weight is 259 g/mol. The molecule has 0 bridgehead atoms. The standard InChI is InChI=1S/C10H15BrN2O/c1-7(4-12)5-13-6-9(11)3-8(2)10(13)14/h3,6-7H,4-5,12H2,1-2H3. The summed E-state index contributed by atoms with van der Waals surface area (Å²) in [5, 5.41) is 0. The highest BCUT2D eigenvalue weighted by Gasteiger charge is 2.05. The van der Waals surface area contributed by atoms with Gasteiger partial charge in [-0.05, 0) is 41.4 Å². The van der Waals surface area contributed by atoms with Crippen LogP contribution in [0.5, 0.6) is 0 Å². The fourth-order valence-electron chi connectivity index (χ4n) is 1.29. The van der Waals surface area contributed by atoms with Gasteiger partial charge in [-0.2, -0.15) is 0 Å². The van der Waals surface area contributed by atoms with Crippen molar-refractivity contribution in [3.63, 3.8) is 0 Å². The second kappa shape index (κ2) is 4.75. The summed E-state index contributed by atoms with van der Waals surface area (Å²) in [6, 6.07) is 1.83. The van der Waals surface area contributed by atoms with Crippen LogP contribution in [0, 0.1) is 12.8 Å². The van der Waals surface area contributed by atoms with Crippen LogP contribution >= 0.6 is 15.9 Å². The fraction of sp³-hybridized carbons (Fsp3) is 0.500. The molecule has 14 heavy (non-hydrogen) atoms. The first-order valence-corrected chi connectivity index (χ1v) is 5.40. The van der Waals surface area contributed by atoms with Crippen LogP contribution in [0.1, 0.15) is 12.5 Å². The molecule has 4 heteroatoms. The zero-order valence-electron chi connectivity index (χ0n) is 8.46. The summed E-state index contributed by atoms with van der Waals surface area (Å²) in [5.74, 6) is 0.321. The molecule has 0 aromatic carbocycles. The second-order valence-electron chi connectivity index (χ2n) is 3.64. The highest BCUT2D eigenvalue weighted by atomic mass is 79.9. The van der Waals surface area contributed by atoms with Crippen LogP contribution in [0.4, 0.5) is 0 Å². The van der Waals surface area contributed by atoms with Crippen molar-refractivity contribution in [2.45, 2.75) is 20.4 Å². The Kier molecular flexibility index (Phi) is 3.89. The van der Waals surface area contributed by atoms with Crippen LogP contribution in [0.15, 0.2) is 21.5 Å². The van der Waals surface area contributed by atoms with Crippen LogP contribution in [0.25, 0.3) is 0 Å². The van der Waals surface area contributed by atoms with Crippen molar-refractivity contribution in [3.05, 3.63) is 32.7 Å². The summed E-state index contributed by atoms with van der Waals surface area (Å²) in [7, 11) is 0. The Morgan fingerprint density at radius 1 is 1.64 bits per heavy atom. The summed E-state index contributed by atoms with van der Waals surface area (Å²) >= 11 is 3.37. The van der Waals surface area contributed by atoms with E-state index in [0.29, 0.717) is 19.0 Å². The van der Waals surface area contributed by atoms with Gasteiger partial charge in [-0.15, -0.1) is 0 Å². The normalized spacial score (nSPS) is 12.9. The molecule has 0 aliphatic heterocycles. The van der Waals surface area contributed by atoms with E-state index in [0.717, 1.165) is 10.0 Å². The minimum atomic E-state index is 0.0634. The van der Waals surface area contributed by atoms with E-state index in [-0.39, 0.29) is 5.56 Å². The number of rotatable bonds is 3. The Bertz CT molecular complexity index is 373. The summed E-state index contributed by atoms with van der Waals surface area (Å²) in [5.41, 5.74) is 6.34. The van der Waals surface area contributed by atoms with Crippen LogP contribution in [-0.2, 0) is 6.54 Å². The van der Waals surface area contributed by atoms with Gasteiger partial charge in [-0.1, -0.05) is 6.92 Å². The van der Waals surface area contributed by atoms with Crippen molar-refractivity contribution in [2.75, 3.05) is 6.54 Å². The predicted octanol–water partition coefficient (Wildman–Crippen LogP) is 1.51. The molecule has 0 amide bonds. The maximum atomic E-state index is 11.7. The van der Waals surface area contributed by atoms with Crippen LogP contribution < -0.4 is 11.3 Å². The molecule has 1 unspecified atom stereocenters. The van der Waals surface area contributed by atoms with Crippen molar-refractivity contribution in [3.8, 4) is 0 Å². The summed E-state index contributed by atoms with van der Waals surface area (Å²) in [6.45, 7) is 5.12. The lowest BCUT2D eigenvalue weighted by Gasteiger charge is -2.12. The third kappa shape index (κ3) is 2.69. The van der Waals surface area contributed by atoms with Gasteiger partial charge in [-0.3, -0.25) is 4.79 Å². The quantitative estimate of drug-likeness (QED) is 0.894. The number of nitrogens with two attached hydrogens (primary N) is 1. The molecule has 0 aliphatic carbocycles. The first kappa shape index (κ1) is 11.5. The highest BCUT2D eigenvalue weighted by Crippen LogP contribution is 2.09. The van der Waals surface area contributed by atoms with Gasteiger partial charge in [0.05, 0.1) is 0 Å². The van der Waals surface area contributed by atoms with E-state index < -0.39 is 0 Å². The van der Waals surface area contributed by atoms with Gasteiger partial charge in [0.1, 0.15) is 0 Å². The lowest BCUT2D eigenvalue weighted by atomic mass is 10.2. The van der Waals surface area contributed by atoms with E-state index in [1.807, 2.05) is 26.1 Å². The highest BCUT2D eigenvalue weighted by molar-refractivity contribution is 9.10. The molecule has 1 heterocycles. The van der Waals surface area contributed by atoms with Crippen LogP contribution in [0.2, 0.25) is 0 Å². The molecule has 0 aliphatic rings. The SMILES string of the molecule is Cc1cc(Br)cn(CC(C)CN)c1=O. The summed E-state index contributed by atoms with van der Waals surface area (Å²) < 4.78 is 2.63. The molecule has 2 N–H and O–H groups in total. The van der Waals surface area contributed by atoms with E-state index in [1.165, 1.54) is 0 Å². The smallest absolute Gasteiger partial charge is 0.253 e. The Balaban J connectivity index is 3.02. The number of hydrogen-bond donors (Lipinski definition) is 1. The van der Waals surface area contributed by atoms with Gasteiger partial charge in [0.2, 0.25) is 0 Å². The van der Waals surface area contributed by atoms with Gasteiger partial charge in [0.15, 0.2) is 0 Å². The zero-order chi connectivity index (χ0) is 10.7. The van der Waals surface area contributed by atoms with Gasteiger partial charge < -0.3 is 10.3 Å². The van der Waals surface area contributed by atoms with Crippen LogP contribution in [0.3, 0.4) is 0 Å². The van der Waals surface area contributed by atoms with Crippen molar-refractivity contribution < 1.29 is 0 Å². The number of nitrogens with zero attached hydrogens (tertiary/aromatic N) is 1. The van der Waals surface area contributed by atoms with Gasteiger partial charge in [-0.25, -0.2) is 0 Å². The zero-order valence-corrected chi connectivity index (χ0v) is 10.0. The molecule has 78 valence electrons. The summed E-state index contributed by atoms with van der Waals surface area (Å²) in [4.78, 5) is 11.7. The number of halogens is 1. The molecule has 1 atom stereocenters. The number of aryl methyl sites for hydroxylation is 1. The number of hydrogen-bond acceptors (Lipinski definition) is 2. The molecular weight excluding hydrogens is 244 g/mol. The molecule has 3 nitrogen and oxygen atoms in total. The lowest BCUT2D eigenvalue weighted by Crippen LogP contribution is -2.27. The monoisotopic (exact) mass is 258 g/mol. The van der Waals surface area contributed by atoms with E-state index in [1.54, 1.807) is 4.57 Å². The molecular formula is C10H15BrN2O. The Morgan fingerprint density at radius 2 is 2.29 bits per heavy atom. The molecule has 1 aromatic rings. The van der Waals surface area contributed by atoms with Gasteiger partial charge in [0.25, 0.3) is 5.56 Å². The lowest BCUT2D eigenvalue weighted by molar-refractivity contribution is 0.480. The molecule has 1 rings (SSSR count). The van der Waals surface area contributed by atoms with Crippen molar-refractivity contribution in [1.29, 1.82) is 0 Å². The van der Waals surface area contributed by atoms with Crippen molar-refractivity contribution in [2.24, 2.45) is 11.7 Å². The third-order valence-corrected chi connectivity index (χ3v) is 2.58. The number of pyridine rings is 1. The molecule has 0 saturated heterocycles. The maximum absolute atomic E-state index is 11.7. The minimum absolute atomic E-state index is 0.0634. The van der Waals surface area contributed by atoms with Gasteiger partial charge >= 0.3 is 0 Å². The second-order valence-corrected chi connectivity index (χ2v) is 4.56. The van der Waals surface area contributed by atoms with E-state index in [4.69, 9.17) is 5.73 Å². The average Bonchev–Trinajstić information content (AvgIpc) is 2.13. The number of aromatic nitrogens is 1. The van der Waals surface area contributed by atoms with E-state index >= 15 is 0 Å². The fourth-order valence-corrected chi connectivity index (χ4v) is 1.88. The topological polar surface area (TPSA) is 48.0 Å². The maximum Gasteiger partial charge on any atom is 0.253 e. The first-order valence-electron chi connectivity index (χ1n) is 4.61. The Labute approximate surface area is 92.1 Å². The molecule has 0 saturated carbocycles.